The Morgan fingerprint density at radius 2 is 2.10 bits per heavy atom. The molecule has 2 fully saturated rings. The Hall–Kier alpha value is -0.160. The van der Waals surface area contributed by atoms with E-state index >= 15 is 0 Å². The van der Waals surface area contributed by atoms with Crippen molar-refractivity contribution in [3.8, 4) is 0 Å². The van der Waals surface area contributed by atoms with Crippen LogP contribution in [-0.4, -0.2) is 49.2 Å². The number of hydrogen-bond donors (Lipinski definition) is 2. The summed E-state index contributed by atoms with van der Waals surface area (Å²) in [7, 11) is 0. The van der Waals surface area contributed by atoms with E-state index in [2.05, 4.69) is 19.2 Å². The minimum Gasteiger partial charge on any atom is -0.389 e. The van der Waals surface area contributed by atoms with E-state index in [0.717, 1.165) is 19.4 Å². The molecule has 1 saturated heterocycles. The second-order valence-electron chi connectivity index (χ2n) is 6.36. The van der Waals surface area contributed by atoms with Gasteiger partial charge < -0.3 is 19.9 Å². The molecule has 2 N–H and O–H groups in total. The predicted molar refractivity (Wildman–Crippen MR) is 79.8 cm³/mol. The Bertz CT molecular complexity index is 274. The minimum atomic E-state index is -0.415. The van der Waals surface area contributed by atoms with Crippen LogP contribution in [0.1, 0.15) is 52.4 Å². The fraction of sp³-hybridized carbons (Fsp3) is 1.00. The molecule has 0 aromatic carbocycles. The maximum absolute atomic E-state index is 10.1. The van der Waals surface area contributed by atoms with Gasteiger partial charge in [-0.25, -0.2) is 0 Å². The van der Waals surface area contributed by atoms with Crippen molar-refractivity contribution < 1.29 is 14.6 Å². The van der Waals surface area contributed by atoms with Gasteiger partial charge in [0.25, 0.3) is 0 Å². The van der Waals surface area contributed by atoms with Crippen LogP contribution in [0.4, 0.5) is 0 Å². The first-order valence-electron chi connectivity index (χ1n) is 8.35. The molecule has 2 aliphatic rings. The van der Waals surface area contributed by atoms with Crippen molar-refractivity contribution in [1.29, 1.82) is 0 Å². The number of aliphatic hydroxyl groups excluding tert-OH is 1. The topological polar surface area (TPSA) is 50.7 Å². The zero-order valence-electron chi connectivity index (χ0n) is 13.0. The van der Waals surface area contributed by atoms with Gasteiger partial charge in [-0.05, 0) is 32.1 Å². The van der Waals surface area contributed by atoms with Gasteiger partial charge in [0.2, 0.25) is 0 Å². The van der Waals surface area contributed by atoms with Crippen molar-refractivity contribution in [2.45, 2.75) is 76.7 Å². The van der Waals surface area contributed by atoms with E-state index in [4.69, 9.17) is 9.47 Å². The summed E-state index contributed by atoms with van der Waals surface area (Å²) >= 11 is 0. The molecule has 20 heavy (non-hydrogen) atoms. The summed E-state index contributed by atoms with van der Waals surface area (Å²) in [4.78, 5) is 0. The van der Waals surface area contributed by atoms with Crippen LogP contribution in [0.5, 0.6) is 0 Å². The Labute approximate surface area is 123 Å². The third kappa shape index (κ3) is 4.69. The molecule has 118 valence electrons. The lowest BCUT2D eigenvalue weighted by Crippen LogP contribution is -2.41. The molecule has 4 nitrogen and oxygen atoms in total. The molecular formula is C16H31NO3. The normalized spacial score (nSPS) is 36.1. The van der Waals surface area contributed by atoms with Crippen LogP contribution in [0.3, 0.4) is 0 Å². The van der Waals surface area contributed by atoms with Crippen LogP contribution in [-0.2, 0) is 9.47 Å². The molecule has 1 saturated carbocycles. The highest BCUT2D eigenvalue weighted by Crippen LogP contribution is 2.29. The van der Waals surface area contributed by atoms with Gasteiger partial charge in [-0.15, -0.1) is 0 Å². The number of rotatable bonds is 7. The summed E-state index contributed by atoms with van der Waals surface area (Å²) in [5.74, 6) is 0.687. The smallest absolute Gasteiger partial charge is 0.0897 e. The lowest BCUT2D eigenvalue weighted by molar-refractivity contribution is -0.0506. The van der Waals surface area contributed by atoms with Crippen LogP contribution < -0.4 is 5.32 Å². The molecule has 5 unspecified atom stereocenters. The highest BCUT2D eigenvalue weighted by Gasteiger charge is 2.26. The van der Waals surface area contributed by atoms with E-state index in [-0.39, 0.29) is 6.10 Å². The average molecular weight is 285 g/mol. The molecule has 4 heteroatoms. The molecule has 0 radical (unpaired) electrons. The molecular weight excluding hydrogens is 254 g/mol. The van der Waals surface area contributed by atoms with Gasteiger partial charge in [0, 0.05) is 19.2 Å². The molecule has 0 bridgehead atoms. The quantitative estimate of drug-likeness (QED) is 0.752. The van der Waals surface area contributed by atoms with Gasteiger partial charge in [-0.1, -0.05) is 26.2 Å². The second-order valence-corrected chi connectivity index (χ2v) is 6.36. The summed E-state index contributed by atoms with van der Waals surface area (Å²) in [6.07, 6.45) is 7.48. The van der Waals surface area contributed by atoms with E-state index in [9.17, 15) is 5.11 Å². The van der Waals surface area contributed by atoms with E-state index in [0.29, 0.717) is 31.2 Å². The largest absolute Gasteiger partial charge is 0.389 e. The summed E-state index contributed by atoms with van der Waals surface area (Å²) < 4.78 is 11.5. The number of nitrogens with one attached hydrogen (secondary N) is 1. The Balaban J connectivity index is 1.62. The predicted octanol–water partition coefficient (Wildman–Crippen LogP) is 2.10. The Morgan fingerprint density at radius 3 is 2.80 bits per heavy atom. The minimum absolute atomic E-state index is 0.255. The van der Waals surface area contributed by atoms with Crippen molar-refractivity contribution in [3.05, 3.63) is 0 Å². The van der Waals surface area contributed by atoms with Crippen LogP contribution >= 0.6 is 0 Å². The molecule has 1 heterocycles. The number of aliphatic hydroxyl groups is 1. The van der Waals surface area contributed by atoms with Crippen LogP contribution in [0.2, 0.25) is 0 Å². The SMILES string of the molecule is CCC1CCCCC1OCC(O)CNC1CCOC1C. The maximum atomic E-state index is 10.1. The summed E-state index contributed by atoms with van der Waals surface area (Å²) in [6.45, 7) is 6.21. The van der Waals surface area contributed by atoms with Gasteiger partial charge in [-0.3, -0.25) is 0 Å². The highest BCUT2D eigenvalue weighted by atomic mass is 16.5. The van der Waals surface area contributed by atoms with Gasteiger partial charge in [0.05, 0.1) is 24.9 Å². The second kappa shape index (κ2) is 8.32. The van der Waals surface area contributed by atoms with Crippen LogP contribution in [0, 0.1) is 5.92 Å². The van der Waals surface area contributed by atoms with Crippen molar-refractivity contribution in [1.82, 2.24) is 5.32 Å². The van der Waals surface area contributed by atoms with Gasteiger partial charge in [0.1, 0.15) is 0 Å². The molecule has 0 aromatic heterocycles. The fourth-order valence-electron chi connectivity index (χ4n) is 3.44. The van der Waals surface area contributed by atoms with Crippen LogP contribution in [0.25, 0.3) is 0 Å². The van der Waals surface area contributed by atoms with E-state index in [1.165, 1.54) is 25.7 Å². The van der Waals surface area contributed by atoms with Crippen molar-refractivity contribution in [2.75, 3.05) is 19.8 Å². The first-order valence-corrected chi connectivity index (χ1v) is 8.35. The number of hydrogen-bond acceptors (Lipinski definition) is 4. The van der Waals surface area contributed by atoms with Crippen molar-refractivity contribution in [2.24, 2.45) is 5.92 Å². The van der Waals surface area contributed by atoms with Crippen molar-refractivity contribution in [3.63, 3.8) is 0 Å². The van der Waals surface area contributed by atoms with E-state index in [1.807, 2.05) is 0 Å². The maximum Gasteiger partial charge on any atom is 0.0897 e. The van der Waals surface area contributed by atoms with Crippen molar-refractivity contribution >= 4 is 0 Å². The lowest BCUT2D eigenvalue weighted by Gasteiger charge is -2.31. The monoisotopic (exact) mass is 285 g/mol. The third-order valence-corrected chi connectivity index (χ3v) is 4.86. The molecule has 0 aromatic rings. The molecule has 1 aliphatic carbocycles. The summed E-state index contributed by atoms with van der Waals surface area (Å²) in [5, 5.41) is 13.4. The van der Waals surface area contributed by atoms with Gasteiger partial charge in [-0.2, -0.15) is 0 Å². The Kier molecular flexibility index (Phi) is 6.75. The summed E-state index contributed by atoms with van der Waals surface area (Å²) in [5.41, 5.74) is 0. The van der Waals surface area contributed by atoms with E-state index < -0.39 is 6.10 Å². The highest BCUT2D eigenvalue weighted by molar-refractivity contribution is 4.80. The number of ether oxygens (including phenoxy) is 2. The fourth-order valence-corrected chi connectivity index (χ4v) is 3.44. The first kappa shape index (κ1) is 16.2. The third-order valence-electron chi connectivity index (χ3n) is 4.86. The standard InChI is InChI=1S/C16H31NO3/c1-3-13-6-4-5-7-16(13)20-11-14(18)10-17-15-8-9-19-12(15)2/h12-18H,3-11H2,1-2H3. The first-order chi connectivity index (χ1) is 9.70. The average Bonchev–Trinajstić information content (AvgIpc) is 2.88. The van der Waals surface area contributed by atoms with Crippen LogP contribution in [0.15, 0.2) is 0 Å². The lowest BCUT2D eigenvalue weighted by atomic mass is 9.85. The van der Waals surface area contributed by atoms with Gasteiger partial charge in [0.15, 0.2) is 0 Å². The zero-order valence-corrected chi connectivity index (χ0v) is 13.0. The molecule has 5 atom stereocenters. The molecule has 0 spiro atoms. The zero-order chi connectivity index (χ0) is 14.4. The molecule has 0 amide bonds. The van der Waals surface area contributed by atoms with Gasteiger partial charge >= 0.3 is 0 Å². The Morgan fingerprint density at radius 1 is 1.30 bits per heavy atom. The molecule has 1 aliphatic heterocycles. The molecule has 2 rings (SSSR count). The van der Waals surface area contributed by atoms with E-state index in [1.54, 1.807) is 0 Å². The summed E-state index contributed by atoms with van der Waals surface area (Å²) in [6, 6.07) is 0.378.